The van der Waals surface area contributed by atoms with Gasteiger partial charge in [0.25, 0.3) is 5.91 Å². The van der Waals surface area contributed by atoms with Crippen molar-refractivity contribution in [3.05, 3.63) is 71.4 Å². The fourth-order valence-corrected chi connectivity index (χ4v) is 3.63. The van der Waals surface area contributed by atoms with Crippen molar-refractivity contribution in [1.82, 2.24) is 30.0 Å². The summed E-state index contributed by atoms with van der Waals surface area (Å²) in [6.07, 6.45) is -0.913. The molecule has 0 aliphatic heterocycles. The van der Waals surface area contributed by atoms with Gasteiger partial charge in [-0.15, -0.1) is 0 Å². The Morgan fingerprint density at radius 3 is 2.61 bits per heavy atom. The molecule has 4 aromatic rings. The maximum atomic E-state index is 12.8. The molecule has 3 aromatic heterocycles. The predicted molar refractivity (Wildman–Crippen MR) is 117 cm³/mol. The molecule has 10 heteroatoms. The van der Waals surface area contributed by atoms with Gasteiger partial charge in [-0.1, -0.05) is 26.0 Å². The molecule has 7 nitrogen and oxygen atoms in total. The summed E-state index contributed by atoms with van der Waals surface area (Å²) in [6, 6.07) is 9.97. The molecule has 0 spiro atoms. The molecule has 0 atom stereocenters. The van der Waals surface area contributed by atoms with Crippen LogP contribution in [0.2, 0.25) is 0 Å². The van der Waals surface area contributed by atoms with E-state index in [0.717, 1.165) is 29.1 Å². The molecule has 3 heterocycles. The summed E-state index contributed by atoms with van der Waals surface area (Å²) in [4.78, 5) is 24.5. The maximum Gasteiger partial charge on any atom is 0.417 e. The number of rotatable bonds is 7. The van der Waals surface area contributed by atoms with Gasteiger partial charge in [-0.25, -0.2) is 14.6 Å². The third-order valence-electron chi connectivity index (χ3n) is 5.20. The summed E-state index contributed by atoms with van der Waals surface area (Å²) >= 11 is 0. The molecule has 0 saturated carbocycles. The zero-order valence-corrected chi connectivity index (χ0v) is 18.1. The quantitative estimate of drug-likeness (QED) is 0.396. The molecule has 2 N–H and O–H groups in total. The number of nitrogens with zero attached hydrogens (tertiary/aromatic N) is 4. The van der Waals surface area contributed by atoms with E-state index < -0.39 is 11.7 Å². The van der Waals surface area contributed by atoms with Crippen molar-refractivity contribution >= 4 is 16.9 Å². The largest absolute Gasteiger partial charge is 0.417 e. The Morgan fingerprint density at radius 1 is 1.15 bits per heavy atom. The number of benzene rings is 1. The highest BCUT2D eigenvalue weighted by Gasteiger charge is 2.31. The number of pyridine rings is 1. The van der Waals surface area contributed by atoms with Crippen LogP contribution in [0.15, 0.2) is 48.8 Å². The molecule has 0 saturated heterocycles. The van der Waals surface area contributed by atoms with Crippen molar-refractivity contribution in [3.8, 4) is 5.82 Å². The molecular formula is C23H23F3N6O. The van der Waals surface area contributed by atoms with E-state index in [1.54, 1.807) is 0 Å². The molecule has 0 aliphatic rings. The molecule has 4 rings (SSSR count). The summed E-state index contributed by atoms with van der Waals surface area (Å²) in [5.41, 5.74) is 1.99. The Morgan fingerprint density at radius 2 is 1.94 bits per heavy atom. The van der Waals surface area contributed by atoms with E-state index in [4.69, 9.17) is 0 Å². The van der Waals surface area contributed by atoms with Crippen molar-refractivity contribution < 1.29 is 18.0 Å². The normalized spacial score (nSPS) is 11.9. The first-order valence-electron chi connectivity index (χ1n) is 10.6. The number of aryl methyl sites for hydroxylation is 1. The lowest BCUT2D eigenvalue weighted by molar-refractivity contribution is -0.137. The number of para-hydroxylation sites is 2. The number of carbonyl (C=O) groups is 1. The minimum absolute atomic E-state index is 0.104. The number of H-pyrrole nitrogens is 1. The number of nitrogens with one attached hydrogen (secondary N) is 2. The number of fused-ring (bicyclic) bond motifs is 1. The van der Waals surface area contributed by atoms with Crippen LogP contribution in [0.3, 0.4) is 0 Å². The van der Waals surface area contributed by atoms with Gasteiger partial charge in [-0.05, 0) is 36.6 Å². The highest BCUT2D eigenvalue weighted by molar-refractivity contribution is 5.95. The number of hydrogen-bond acceptors (Lipinski definition) is 4. The van der Waals surface area contributed by atoms with Crippen molar-refractivity contribution in [1.29, 1.82) is 0 Å². The Balaban J connectivity index is 1.42. The van der Waals surface area contributed by atoms with Crippen LogP contribution in [0.1, 0.15) is 53.6 Å². The van der Waals surface area contributed by atoms with Crippen molar-refractivity contribution in [2.24, 2.45) is 0 Å². The van der Waals surface area contributed by atoms with Crippen molar-refractivity contribution in [2.75, 3.05) is 6.54 Å². The van der Waals surface area contributed by atoms with Gasteiger partial charge in [0.15, 0.2) is 5.82 Å². The fourth-order valence-electron chi connectivity index (χ4n) is 3.63. The third kappa shape index (κ3) is 4.89. The standard InChI is InChI=1S/C23H23F3N6O/c1-14(2)21-16(13-29-32(21)20-10-9-15(12-28-20)23(24,25)26)22(33)27-11-5-8-19-30-17-6-3-4-7-18(17)31-19/h3-4,6-7,9-10,12-14H,5,8,11H2,1-2H3,(H,27,33)(H,30,31). The third-order valence-corrected chi connectivity index (χ3v) is 5.20. The highest BCUT2D eigenvalue weighted by atomic mass is 19.4. The minimum Gasteiger partial charge on any atom is -0.352 e. The van der Waals surface area contributed by atoms with E-state index in [1.165, 1.54) is 16.9 Å². The molecule has 0 aliphatic carbocycles. The van der Waals surface area contributed by atoms with Gasteiger partial charge in [-0.2, -0.15) is 18.3 Å². The number of carbonyl (C=O) groups excluding carboxylic acids is 1. The summed E-state index contributed by atoms with van der Waals surface area (Å²) < 4.78 is 39.9. The van der Waals surface area contributed by atoms with Gasteiger partial charge >= 0.3 is 6.18 Å². The van der Waals surface area contributed by atoms with Crippen LogP contribution in [0.4, 0.5) is 13.2 Å². The highest BCUT2D eigenvalue weighted by Crippen LogP contribution is 2.29. The van der Waals surface area contributed by atoms with Crippen molar-refractivity contribution in [3.63, 3.8) is 0 Å². The van der Waals surface area contributed by atoms with Gasteiger partial charge in [0.2, 0.25) is 0 Å². The van der Waals surface area contributed by atoms with E-state index in [-0.39, 0.29) is 17.6 Å². The molecule has 1 aromatic carbocycles. The zero-order chi connectivity index (χ0) is 23.6. The smallest absolute Gasteiger partial charge is 0.352 e. The second kappa shape index (κ2) is 9.05. The predicted octanol–water partition coefficient (Wildman–Crippen LogP) is 4.65. The number of aromatic nitrogens is 5. The topological polar surface area (TPSA) is 88.5 Å². The lowest BCUT2D eigenvalue weighted by Gasteiger charge is -2.13. The van der Waals surface area contributed by atoms with E-state index in [1.807, 2.05) is 38.1 Å². The van der Waals surface area contributed by atoms with E-state index in [2.05, 4.69) is 25.4 Å². The van der Waals surface area contributed by atoms with Gasteiger partial charge in [0.05, 0.1) is 34.1 Å². The summed E-state index contributed by atoms with van der Waals surface area (Å²) in [6.45, 7) is 4.21. The zero-order valence-electron chi connectivity index (χ0n) is 18.1. The van der Waals surface area contributed by atoms with Crippen LogP contribution in [0.25, 0.3) is 16.9 Å². The summed E-state index contributed by atoms with van der Waals surface area (Å²) in [5.74, 6) is 0.680. The molecule has 0 fully saturated rings. The van der Waals surface area contributed by atoms with Crippen LogP contribution in [0, 0.1) is 0 Å². The van der Waals surface area contributed by atoms with Crippen LogP contribution < -0.4 is 5.32 Å². The summed E-state index contributed by atoms with van der Waals surface area (Å²) in [7, 11) is 0. The number of imidazole rings is 1. The van der Waals surface area contributed by atoms with Crippen molar-refractivity contribution in [2.45, 2.75) is 38.8 Å². The first kappa shape index (κ1) is 22.5. The number of amides is 1. The first-order chi connectivity index (χ1) is 15.7. The van der Waals surface area contributed by atoms with Crippen LogP contribution in [-0.2, 0) is 12.6 Å². The second-order valence-corrected chi connectivity index (χ2v) is 7.97. The van der Waals surface area contributed by atoms with E-state index in [9.17, 15) is 18.0 Å². The Labute approximate surface area is 188 Å². The fraction of sp³-hybridized carbons (Fsp3) is 0.304. The SMILES string of the molecule is CC(C)c1c(C(=O)NCCCc2nc3ccccc3[nH]2)cnn1-c1ccc(C(F)(F)F)cn1. The molecule has 172 valence electrons. The number of halogens is 3. The van der Waals surface area contributed by atoms with E-state index in [0.29, 0.717) is 30.6 Å². The molecule has 0 unspecified atom stereocenters. The Bertz CT molecular complexity index is 1220. The molecular weight excluding hydrogens is 433 g/mol. The Hall–Kier alpha value is -3.69. The van der Waals surface area contributed by atoms with Gasteiger partial charge in [-0.3, -0.25) is 4.79 Å². The van der Waals surface area contributed by atoms with E-state index >= 15 is 0 Å². The number of alkyl halides is 3. The average molecular weight is 456 g/mol. The number of hydrogen-bond donors (Lipinski definition) is 2. The lowest BCUT2D eigenvalue weighted by atomic mass is 10.1. The summed E-state index contributed by atoms with van der Waals surface area (Å²) in [5, 5.41) is 7.11. The van der Waals surface area contributed by atoms with Crippen LogP contribution in [0.5, 0.6) is 0 Å². The van der Waals surface area contributed by atoms with Gasteiger partial charge in [0.1, 0.15) is 5.82 Å². The molecule has 0 radical (unpaired) electrons. The van der Waals surface area contributed by atoms with Gasteiger partial charge < -0.3 is 10.3 Å². The molecule has 33 heavy (non-hydrogen) atoms. The number of aromatic amines is 1. The maximum absolute atomic E-state index is 12.8. The minimum atomic E-state index is -4.47. The first-order valence-corrected chi connectivity index (χ1v) is 10.6. The monoisotopic (exact) mass is 456 g/mol. The molecule has 1 amide bonds. The van der Waals surface area contributed by atoms with Crippen LogP contribution in [-0.4, -0.2) is 37.2 Å². The average Bonchev–Trinajstić information content (AvgIpc) is 3.40. The Kier molecular flexibility index (Phi) is 6.17. The van der Waals surface area contributed by atoms with Crippen LogP contribution >= 0.6 is 0 Å². The molecule has 0 bridgehead atoms. The lowest BCUT2D eigenvalue weighted by Crippen LogP contribution is -2.26. The van der Waals surface area contributed by atoms with Gasteiger partial charge in [0, 0.05) is 19.2 Å². The second-order valence-electron chi connectivity index (χ2n) is 7.97.